The van der Waals surface area contributed by atoms with Gasteiger partial charge in [0, 0.05) is 18.0 Å². The number of benzene rings is 2. The predicted molar refractivity (Wildman–Crippen MR) is 133 cm³/mol. The Morgan fingerprint density at radius 3 is 2.22 bits per heavy atom. The summed E-state index contributed by atoms with van der Waals surface area (Å²) in [5.41, 5.74) is 8.39. The quantitative estimate of drug-likeness (QED) is 0.266. The van der Waals surface area contributed by atoms with Gasteiger partial charge in [-0.1, -0.05) is 24.3 Å². The SMILES string of the molecule is C=O.CN.Cc1ccc(C/C=C(/c2ccncc2)N(N)c2ccc(C(F)(F)F)cc2)cc1COC=O. The lowest BCUT2D eigenvalue weighted by molar-refractivity contribution is -0.137. The summed E-state index contributed by atoms with van der Waals surface area (Å²) in [7, 11) is 1.50. The maximum absolute atomic E-state index is 12.9. The molecule has 36 heavy (non-hydrogen) atoms. The zero-order valence-electron chi connectivity index (χ0n) is 20.0. The smallest absolute Gasteiger partial charge is 0.416 e. The van der Waals surface area contributed by atoms with Crippen molar-refractivity contribution in [3.8, 4) is 0 Å². The molecule has 192 valence electrons. The zero-order valence-corrected chi connectivity index (χ0v) is 20.0. The highest BCUT2D eigenvalue weighted by Gasteiger charge is 2.30. The van der Waals surface area contributed by atoms with E-state index < -0.39 is 11.7 Å². The fourth-order valence-electron chi connectivity index (χ4n) is 3.17. The first kappa shape index (κ1) is 30.0. The van der Waals surface area contributed by atoms with Crippen LogP contribution in [0.15, 0.2) is 73.1 Å². The van der Waals surface area contributed by atoms with Gasteiger partial charge in [-0.2, -0.15) is 13.2 Å². The molecule has 0 spiro atoms. The molecule has 3 rings (SSSR count). The molecular weight excluding hydrogens is 473 g/mol. The van der Waals surface area contributed by atoms with Crippen LogP contribution in [0.1, 0.15) is 27.8 Å². The molecule has 1 heterocycles. The molecule has 3 aromatic rings. The van der Waals surface area contributed by atoms with Gasteiger partial charge in [0.1, 0.15) is 13.4 Å². The van der Waals surface area contributed by atoms with Crippen molar-refractivity contribution in [2.75, 3.05) is 12.1 Å². The number of nitrogens with two attached hydrogens (primary N) is 2. The molecule has 2 aromatic carbocycles. The lowest BCUT2D eigenvalue weighted by Crippen LogP contribution is -2.29. The van der Waals surface area contributed by atoms with Crippen molar-refractivity contribution in [3.63, 3.8) is 0 Å². The van der Waals surface area contributed by atoms with Crippen LogP contribution in [0, 0.1) is 6.92 Å². The van der Waals surface area contributed by atoms with E-state index in [-0.39, 0.29) is 6.61 Å². The monoisotopic (exact) mass is 502 g/mol. The number of hydrogen-bond donors (Lipinski definition) is 2. The van der Waals surface area contributed by atoms with Gasteiger partial charge in [0.25, 0.3) is 6.47 Å². The van der Waals surface area contributed by atoms with Gasteiger partial charge in [0.2, 0.25) is 0 Å². The molecular formula is C26H29F3N4O3. The number of aromatic nitrogens is 1. The second-order valence-electron chi connectivity index (χ2n) is 7.11. The van der Waals surface area contributed by atoms with Gasteiger partial charge < -0.3 is 15.3 Å². The molecule has 0 amide bonds. The van der Waals surface area contributed by atoms with Gasteiger partial charge in [-0.25, -0.2) is 5.84 Å². The third-order valence-electron chi connectivity index (χ3n) is 4.96. The highest BCUT2D eigenvalue weighted by molar-refractivity contribution is 5.78. The number of pyridine rings is 1. The largest absolute Gasteiger partial charge is 0.463 e. The summed E-state index contributed by atoms with van der Waals surface area (Å²) in [6, 6.07) is 14.0. The molecule has 0 unspecified atom stereocenters. The van der Waals surface area contributed by atoms with Gasteiger partial charge in [-0.3, -0.25) is 14.8 Å². The maximum Gasteiger partial charge on any atom is 0.416 e. The van der Waals surface area contributed by atoms with E-state index in [1.54, 1.807) is 24.5 Å². The number of anilines is 1. The summed E-state index contributed by atoms with van der Waals surface area (Å²) in [5.74, 6) is 6.32. The molecule has 0 saturated carbocycles. The number of allylic oxidation sites excluding steroid dienone is 1. The Hall–Kier alpha value is -4.02. The Morgan fingerprint density at radius 1 is 1.06 bits per heavy atom. The number of nitrogens with zero attached hydrogens (tertiary/aromatic N) is 2. The number of carbonyl (C=O) groups is 2. The normalized spacial score (nSPS) is 10.8. The number of ether oxygens (including phenoxy) is 1. The summed E-state index contributed by atoms with van der Waals surface area (Å²) in [5, 5.41) is 1.35. The highest BCUT2D eigenvalue weighted by atomic mass is 19.4. The summed E-state index contributed by atoms with van der Waals surface area (Å²) in [6.07, 6.45) is 1.20. The van der Waals surface area contributed by atoms with E-state index in [0.717, 1.165) is 34.4 Å². The first-order valence-electron chi connectivity index (χ1n) is 10.6. The van der Waals surface area contributed by atoms with Crippen molar-refractivity contribution in [1.82, 2.24) is 4.98 Å². The average Bonchev–Trinajstić information content (AvgIpc) is 2.91. The van der Waals surface area contributed by atoms with Gasteiger partial charge in [-0.15, -0.1) is 0 Å². The van der Waals surface area contributed by atoms with Gasteiger partial charge in [0.15, 0.2) is 0 Å². The van der Waals surface area contributed by atoms with Crippen molar-refractivity contribution in [1.29, 1.82) is 0 Å². The Morgan fingerprint density at radius 2 is 1.67 bits per heavy atom. The van der Waals surface area contributed by atoms with Crippen LogP contribution >= 0.6 is 0 Å². The molecule has 10 heteroatoms. The van der Waals surface area contributed by atoms with E-state index in [4.69, 9.17) is 15.4 Å². The molecule has 0 saturated heterocycles. The summed E-state index contributed by atoms with van der Waals surface area (Å²) >= 11 is 0. The third-order valence-corrected chi connectivity index (χ3v) is 4.96. The standard InChI is InChI=1S/C24H22F3N3O2.CH5N.CH2O/c1-17-2-3-18(14-20(17)15-32-16-31)4-9-23(19-10-12-29-13-11-19)30(28)22-7-5-21(6-8-22)24(25,26)27;2*1-2/h2-3,5-14,16H,4,15,28H2,1H3;2H2,1H3;1H2/b23-9-;;. The fraction of sp³-hybridized carbons (Fsp3) is 0.192. The average molecular weight is 503 g/mol. The number of aryl methyl sites for hydroxylation is 1. The summed E-state index contributed by atoms with van der Waals surface area (Å²) in [6.45, 7) is 4.51. The van der Waals surface area contributed by atoms with Crippen LogP contribution < -0.4 is 16.6 Å². The minimum Gasteiger partial charge on any atom is -0.463 e. The van der Waals surface area contributed by atoms with E-state index in [1.807, 2.05) is 38.0 Å². The van der Waals surface area contributed by atoms with Crippen LogP contribution in [-0.2, 0) is 33.5 Å². The van der Waals surface area contributed by atoms with E-state index in [1.165, 1.54) is 24.2 Å². The van der Waals surface area contributed by atoms with Crippen LogP contribution in [0.5, 0.6) is 0 Å². The number of rotatable bonds is 8. The molecule has 7 nitrogen and oxygen atoms in total. The topological polar surface area (TPSA) is 112 Å². The van der Waals surface area contributed by atoms with Crippen LogP contribution in [0.4, 0.5) is 18.9 Å². The fourth-order valence-corrected chi connectivity index (χ4v) is 3.17. The minimum absolute atomic E-state index is 0.179. The Kier molecular flexibility index (Phi) is 12.6. The Balaban J connectivity index is 0.00000154. The van der Waals surface area contributed by atoms with Gasteiger partial charge in [0.05, 0.1) is 16.9 Å². The lowest BCUT2D eigenvalue weighted by Gasteiger charge is -2.23. The molecule has 1 aromatic heterocycles. The summed E-state index contributed by atoms with van der Waals surface area (Å²) < 4.78 is 43.6. The maximum atomic E-state index is 12.9. The number of halogens is 3. The molecule has 0 fully saturated rings. The van der Waals surface area contributed by atoms with E-state index >= 15 is 0 Å². The minimum atomic E-state index is -4.42. The molecule has 0 bridgehead atoms. The van der Waals surface area contributed by atoms with E-state index in [0.29, 0.717) is 24.3 Å². The highest BCUT2D eigenvalue weighted by Crippen LogP contribution is 2.31. The first-order valence-corrected chi connectivity index (χ1v) is 10.6. The Labute approximate surface area is 208 Å². The van der Waals surface area contributed by atoms with Crippen molar-refractivity contribution in [3.05, 3.63) is 101 Å². The first-order chi connectivity index (χ1) is 17.3. The lowest BCUT2D eigenvalue weighted by atomic mass is 10.0. The predicted octanol–water partition coefficient (Wildman–Crippen LogP) is 4.44. The molecule has 0 atom stereocenters. The number of alkyl halides is 3. The van der Waals surface area contributed by atoms with Crippen molar-refractivity contribution >= 4 is 24.6 Å². The van der Waals surface area contributed by atoms with Crippen molar-refractivity contribution in [2.45, 2.75) is 26.1 Å². The number of carbonyl (C=O) groups excluding carboxylic acids is 2. The molecule has 4 N–H and O–H groups in total. The van der Waals surface area contributed by atoms with Crippen LogP contribution in [0.25, 0.3) is 5.70 Å². The molecule has 0 aliphatic heterocycles. The second-order valence-corrected chi connectivity index (χ2v) is 7.11. The number of hydrogen-bond acceptors (Lipinski definition) is 7. The van der Waals surface area contributed by atoms with Gasteiger partial charge >= 0.3 is 6.18 Å². The summed E-state index contributed by atoms with van der Waals surface area (Å²) in [4.78, 5) is 22.5. The molecule has 0 aliphatic carbocycles. The number of hydrazine groups is 1. The van der Waals surface area contributed by atoms with Crippen LogP contribution in [0.3, 0.4) is 0 Å². The molecule has 0 radical (unpaired) electrons. The Bertz CT molecular complexity index is 1110. The van der Waals surface area contributed by atoms with E-state index in [9.17, 15) is 18.0 Å². The second kappa shape index (κ2) is 15.1. The van der Waals surface area contributed by atoms with Crippen LogP contribution in [0.2, 0.25) is 0 Å². The van der Waals surface area contributed by atoms with E-state index in [2.05, 4.69) is 10.7 Å². The van der Waals surface area contributed by atoms with Crippen molar-refractivity contribution < 1.29 is 27.5 Å². The van der Waals surface area contributed by atoms with Gasteiger partial charge in [-0.05, 0) is 73.5 Å². The molecule has 0 aliphatic rings. The zero-order chi connectivity index (χ0) is 27.1. The van der Waals surface area contributed by atoms with Crippen molar-refractivity contribution in [2.24, 2.45) is 11.6 Å². The third kappa shape index (κ3) is 8.64. The van der Waals surface area contributed by atoms with Crippen LogP contribution in [-0.4, -0.2) is 25.3 Å².